The molecule has 104 valence electrons. The SMILES string of the molecule is O=C(Nc1ccnc2ccc(F)cc12)c1cncc(Br)c1. The number of nitrogens with zero attached hydrogens (tertiary/aromatic N) is 2. The van der Waals surface area contributed by atoms with E-state index in [0.29, 0.717) is 26.6 Å². The van der Waals surface area contributed by atoms with Crippen LogP contribution in [0.3, 0.4) is 0 Å². The molecule has 0 saturated heterocycles. The second kappa shape index (κ2) is 5.57. The Hall–Kier alpha value is -2.34. The molecule has 1 amide bonds. The number of carbonyl (C=O) groups is 1. The van der Waals surface area contributed by atoms with E-state index in [1.807, 2.05) is 0 Å². The van der Waals surface area contributed by atoms with Gasteiger partial charge in [-0.25, -0.2) is 4.39 Å². The van der Waals surface area contributed by atoms with Crippen LogP contribution in [0.4, 0.5) is 10.1 Å². The number of aromatic nitrogens is 2. The highest BCUT2D eigenvalue weighted by Gasteiger charge is 2.10. The van der Waals surface area contributed by atoms with E-state index in [2.05, 4.69) is 31.2 Å². The molecule has 0 aliphatic rings. The molecular weight excluding hydrogens is 337 g/mol. The van der Waals surface area contributed by atoms with Gasteiger partial charge in [-0.15, -0.1) is 0 Å². The van der Waals surface area contributed by atoms with Gasteiger partial charge in [0.15, 0.2) is 0 Å². The van der Waals surface area contributed by atoms with E-state index < -0.39 is 0 Å². The Balaban J connectivity index is 1.98. The molecule has 21 heavy (non-hydrogen) atoms. The molecule has 2 heterocycles. The van der Waals surface area contributed by atoms with E-state index in [1.54, 1.807) is 30.6 Å². The molecule has 4 nitrogen and oxygen atoms in total. The molecule has 0 aliphatic heterocycles. The van der Waals surface area contributed by atoms with Gasteiger partial charge >= 0.3 is 0 Å². The predicted octanol–water partition coefficient (Wildman–Crippen LogP) is 3.78. The molecule has 2 aromatic heterocycles. The maximum absolute atomic E-state index is 13.4. The molecule has 0 saturated carbocycles. The molecule has 0 bridgehead atoms. The molecule has 3 aromatic rings. The summed E-state index contributed by atoms with van der Waals surface area (Å²) in [6, 6.07) is 7.54. The number of carbonyl (C=O) groups excluding carboxylic acids is 1. The summed E-state index contributed by atoms with van der Waals surface area (Å²) in [5.74, 6) is -0.698. The Morgan fingerprint density at radius 1 is 1.19 bits per heavy atom. The number of pyridine rings is 2. The molecule has 0 radical (unpaired) electrons. The second-order valence-electron chi connectivity index (χ2n) is 4.37. The number of hydrogen-bond donors (Lipinski definition) is 1. The van der Waals surface area contributed by atoms with Crippen molar-refractivity contribution in [3.8, 4) is 0 Å². The third-order valence-electron chi connectivity index (χ3n) is 2.92. The lowest BCUT2D eigenvalue weighted by atomic mass is 10.1. The summed E-state index contributed by atoms with van der Waals surface area (Å²) in [5.41, 5.74) is 1.52. The fourth-order valence-electron chi connectivity index (χ4n) is 1.96. The van der Waals surface area contributed by atoms with Gasteiger partial charge in [-0.05, 0) is 46.3 Å². The molecule has 3 rings (SSSR count). The van der Waals surface area contributed by atoms with Gasteiger partial charge in [0.1, 0.15) is 5.82 Å². The lowest BCUT2D eigenvalue weighted by Gasteiger charge is -2.08. The van der Waals surface area contributed by atoms with Crippen molar-refractivity contribution < 1.29 is 9.18 Å². The van der Waals surface area contributed by atoms with Crippen molar-refractivity contribution in [1.29, 1.82) is 0 Å². The number of benzene rings is 1. The Morgan fingerprint density at radius 3 is 2.86 bits per heavy atom. The van der Waals surface area contributed by atoms with E-state index >= 15 is 0 Å². The van der Waals surface area contributed by atoms with Gasteiger partial charge in [-0.2, -0.15) is 0 Å². The molecule has 1 aromatic carbocycles. The molecule has 0 unspecified atom stereocenters. The quantitative estimate of drug-likeness (QED) is 0.768. The minimum atomic E-state index is -0.380. The summed E-state index contributed by atoms with van der Waals surface area (Å²) >= 11 is 3.26. The van der Waals surface area contributed by atoms with E-state index in [-0.39, 0.29) is 11.7 Å². The van der Waals surface area contributed by atoms with Gasteiger partial charge in [0.2, 0.25) is 0 Å². The van der Waals surface area contributed by atoms with Crippen molar-refractivity contribution in [3.05, 3.63) is 64.8 Å². The van der Waals surface area contributed by atoms with Crippen LogP contribution in [-0.4, -0.2) is 15.9 Å². The van der Waals surface area contributed by atoms with E-state index in [9.17, 15) is 9.18 Å². The molecule has 0 atom stereocenters. The van der Waals surface area contributed by atoms with Crippen molar-refractivity contribution in [2.75, 3.05) is 5.32 Å². The number of anilines is 1. The third kappa shape index (κ3) is 2.90. The van der Waals surface area contributed by atoms with Gasteiger partial charge in [0.25, 0.3) is 5.91 Å². The van der Waals surface area contributed by atoms with Gasteiger partial charge in [-0.3, -0.25) is 14.8 Å². The fraction of sp³-hybridized carbons (Fsp3) is 0. The average molecular weight is 346 g/mol. The normalized spacial score (nSPS) is 10.6. The van der Waals surface area contributed by atoms with Crippen LogP contribution < -0.4 is 5.32 Å². The Labute approximate surface area is 128 Å². The molecule has 6 heteroatoms. The van der Waals surface area contributed by atoms with Crippen LogP contribution in [0.2, 0.25) is 0 Å². The predicted molar refractivity (Wildman–Crippen MR) is 81.6 cm³/mol. The zero-order valence-electron chi connectivity index (χ0n) is 10.7. The van der Waals surface area contributed by atoms with Crippen LogP contribution >= 0.6 is 15.9 Å². The van der Waals surface area contributed by atoms with Crippen LogP contribution in [0, 0.1) is 5.82 Å². The van der Waals surface area contributed by atoms with Gasteiger partial charge in [0.05, 0.1) is 16.8 Å². The number of fused-ring (bicyclic) bond motifs is 1. The van der Waals surface area contributed by atoms with Gasteiger partial charge < -0.3 is 5.32 Å². The molecule has 0 aliphatic carbocycles. The van der Waals surface area contributed by atoms with E-state index in [0.717, 1.165) is 0 Å². The van der Waals surface area contributed by atoms with Crippen molar-refractivity contribution in [3.63, 3.8) is 0 Å². The Morgan fingerprint density at radius 2 is 2.05 bits per heavy atom. The first-order valence-electron chi connectivity index (χ1n) is 6.10. The molecule has 1 N–H and O–H groups in total. The van der Waals surface area contributed by atoms with E-state index in [4.69, 9.17) is 0 Å². The van der Waals surface area contributed by atoms with Crippen LogP contribution in [0.5, 0.6) is 0 Å². The van der Waals surface area contributed by atoms with E-state index in [1.165, 1.54) is 18.3 Å². The summed E-state index contributed by atoms with van der Waals surface area (Å²) in [4.78, 5) is 20.3. The summed E-state index contributed by atoms with van der Waals surface area (Å²) in [5, 5.41) is 3.30. The lowest BCUT2D eigenvalue weighted by molar-refractivity contribution is 0.102. The summed E-state index contributed by atoms with van der Waals surface area (Å²) in [7, 11) is 0. The van der Waals surface area contributed by atoms with Crippen LogP contribution in [0.25, 0.3) is 10.9 Å². The number of halogens is 2. The molecule has 0 fully saturated rings. The summed E-state index contributed by atoms with van der Waals surface area (Å²) in [6.07, 6.45) is 4.62. The van der Waals surface area contributed by atoms with Gasteiger partial charge in [0, 0.05) is 28.4 Å². The monoisotopic (exact) mass is 345 g/mol. The largest absolute Gasteiger partial charge is 0.321 e. The Bertz CT molecular complexity index is 838. The average Bonchev–Trinajstić information content (AvgIpc) is 2.48. The highest BCUT2D eigenvalue weighted by atomic mass is 79.9. The highest BCUT2D eigenvalue weighted by Crippen LogP contribution is 2.23. The van der Waals surface area contributed by atoms with Crippen molar-refractivity contribution in [2.24, 2.45) is 0 Å². The zero-order valence-corrected chi connectivity index (χ0v) is 12.3. The van der Waals surface area contributed by atoms with Gasteiger partial charge in [-0.1, -0.05) is 0 Å². The first-order chi connectivity index (χ1) is 10.1. The van der Waals surface area contributed by atoms with Crippen LogP contribution in [0.15, 0.2) is 53.4 Å². The van der Waals surface area contributed by atoms with Crippen LogP contribution in [-0.2, 0) is 0 Å². The standard InChI is InChI=1S/C15H9BrFN3O/c16-10-5-9(7-18-8-10)15(21)20-14-3-4-19-13-2-1-11(17)6-12(13)14/h1-8H,(H,19,20,21). The molecule has 0 spiro atoms. The summed E-state index contributed by atoms with van der Waals surface area (Å²) in [6.45, 7) is 0. The summed E-state index contributed by atoms with van der Waals surface area (Å²) < 4.78 is 14.1. The van der Waals surface area contributed by atoms with Crippen molar-refractivity contribution in [1.82, 2.24) is 9.97 Å². The highest BCUT2D eigenvalue weighted by molar-refractivity contribution is 9.10. The lowest BCUT2D eigenvalue weighted by Crippen LogP contribution is -2.12. The fourth-order valence-corrected chi connectivity index (χ4v) is 2.32. The first-order valence-corrected chi connectivity index (χ1v) is 6.89. The topological polar surface area (TPSA) is 54.9 Å². The Kier molecular flexibility index (Phi) is 3.62. The van der Waals surface area contributed by atoms with Crippen molar-refractivity contribution >= 4 is 38.4 Å². The number of hydrogen-bond acceptors (Lipinski definition) is 3. The zero-order chi connectivity index (χ0) is 14.8. The van der Waals surface area contributed by atoms with Crippen LogP contribution in [0.1, 0.15) is 10.4 Å². The molecular formula is C15H9BrFN3O. The minimum absolute atomic E-state index is 0.319. The second-order valence-corrected chi connectivity index (χ2v) is 5.28. The number of nitrogens with one attached hydrogen (secondary N) is 1. The first kappa shape index (κ1) is 13.6. The number of rotatable bonds is 2. The number of amides is 1. The third-order valence-corrected chi connectivity index (χ3v) is 3.35. The minimum Gasteiger partial charge on any atom is -0.321 e. The van der Waals surface area contributed by atoms with Crippen molar-refractivity contribution in [2.45, 2.75) is 0 Å². The maximum atomic E-state index is 13.4. The maximum Gasteiger partial charge on any atom is 0.257 e. The smallest absolute Gasteiger partial charge is 0.257 e.